The zero-order valence-corrected chi connectivity index (χ0v) is 18.9. The van der Waals surface area contributed by atoms with Crippen molar-refractivity contribution in [2.45, 2.75) is 13.0 Å². The topological polar surface area (TPSA) is 91.0 Å². The minimum atomic E-state index is -0.485. The van der Waals surface area contributed by atoms with Crippen molar-refractivity contribution >= 4 is 35.6 Å². The average molecular weight is 536 g/mol. The normalized spacial score (nSPS) is 13.0. The molecule has 2 heterocycles. The van der Waals surface area contributed by atoms with E-state index in [0.29, 0.717) is 36.0 Å². The fourth-order valence-corrected chi connectivity index (χ4v) is 2.86. The van der Waals surface area contributed by atoms with Crippen molar-refractivity contribution in [3.63, 3.8) is 0 Å². The lowest BCUT2D eigenvalue weighted by molar-refractivity contribution is 0.297. The molecule has 1 aliphatic rings. The van der Waals surface area contributed by atoms with Crippen LogP contribution in [0.2, 0.25) is 0 Å². The van der Waals surface area contributed by atoms with Gasteiger partial charge in [0.15, 0.2) is 29.0 Å². The van der Waals surface area contributed by atoms with Gasteiger partial charge in [-0.3, -0.25) is 4.98 Å². The number of hydrogen-bond donors (Lipinski definition) is 2. The number of anilines is 1. The van der Waals surface area contributed by atoms with E-state index in [2.05, 4.69) is 15.3 Å². The summed E-state index contributed by atoms with van der Waals surface area (Å²) < 4.78 is 31.1. The minimum absolute atomic E-state index is 0. The van der Waals surface area contributed by atoms with Crippen LogP contribution < -0.4 is 25.3 Å². The van der Waals surface area contributed by atoms with Crippen molar-refractivity contribution < 1.29 is 18.6 Å². The van der Waals surface area contributed by atoms with Crippen LogP contribution in [0.25, 0.3) is 0 Å². The van der Waals surface area contributed by atoms with Gasteiger partial charge in [0.1, 0.15) is 5.75 Å². The Labute approximate surface area is 196 Å². The number of pyridine rings is 1. The van der Waals surface area contributed by atoms with Gasteiger partial charge in [-0.25, -0.2) is 9.38 Å². The van der Waals surface area contributed by atoms with Gasteiger partial charge in [-0.15, -0.1) is 24.0 Å². The molecule has 0 saturated heterocycles. The number of nitrogens with one attached hydrogen (secondary N) is 1. The number of aromatic nitrogens is 1. The molecule has 0 radical (unpaired) electrons. The number of benzene rings is 2. The lowest BCUT2D eigenvalue weighted by Gasteiger charge is -2.11. The number of ether oxygens (including phenoxy) is 3. The summed E-state index contributed by atoms with van der Waals surface area (Å²) in [4.78, 5) is 8.21. The molecule has 0 aliphatic carbocycles. The number of nitrogens with two attached hydrogens (primary N) is 1. The van der Waals surface area contributed by atoms with E-state index in [0.717, 1.165) is 12.1 Å². The van der Waals surface area contributed by atoms with Crippen LogP contribution in [0.15, 0.2) is 65.9 Å². The zero-order chi connectivity index (χ0) is 20.8. The van der Waals surface area contributed by atoms with Crippen molar-refractivity contribution in [1.29, 1.82) is 0 Å². The Hall–Kier alpha value is -3.08. The maximum Gasteiger partial charge on any atom is 0.193 e. The number of nitrogens with zero attached hydrogens (tertiary/aromatic N) is 2. The van der Waals surface area contributed by atoms with Gasteiger partial charge >= 0.3 is 0 Å². The summed E-state index contributed by atoms with van der Waals surface area (Å²) in [6, 6.07) is 13.6. The predicted molar refractivity (Wildman–Crippen MR) is 127 cm³/mol. The van der Waals surface area contributed by atoms with E-state index in [9.17, 15) is 4.39 Å². The van der Waals surface area contributed by atoms with Gasteiger partial charge in [0.05, 0.1) is 26.0 Å². The highest BCUT2D eigenvalue weighted by atomic mass is 127. The molecular weight excluding hydrogens is 514 g/mol. The quantitative estimate of drug-likeness (QED) is 0.279. The number of fused-ring (bicyclic) bond motifs is 1. The molecule has 7 nitrogen and oxygen atoms in total. The third kappa shape index (κ3) is 6.20. The van der Waals surface area contributed by atoms with Crippen molar-refractivity contribution in [3.8, 4) is 23.0 Å². The second kappa shape index (κ2) is 10.8. The molecule has 0 saturated carbocycles. The summed E-state index contributed by atoms with van der Waals surface area (Å²) >= 11 is 0. The van der Waals surface area contributed by atoms with Crippen LogP contribution in [-0.2, 0) is 6.54 Å². The molecule has 9 heteroatoms. The molecular formula is C22H22FIN4O3. The standard InChI is InChI=1S/C22H21FN4O3.HI/c23-18-11-15(4-6-19(18)30-17-3-1-8-25-14-17)13-26-22(24)27-16-5-7-20-21(12-16)29-10-2-9-28-20;/h1,3-8,11-12,14H,2,9-10,13H2,(H3,24,26,27);1H. The third-order valence-electron chi connectivity index (χ3n) is 4.31. The highest BCUT2D eigenvalue weighted by Crippen LogP contribution is 2.32. The Morgan fingerprint density at radius 1 is 1.13 bits per heavy atom. The first-order valence-corrected chi connectivity index (χ1v) is 9.50. The number of halogens is 2. The van der Waals surface area contributed by atoms with E-state index in [1.165, 1.54) is 12.3 Å². The summed E-state index contributed by atoms with van der Waals surface area (Å²) in [7, 11) is 0. The predicted octanol–water partition coefficient (Wildman–Crippen LogP) is 4.72. The zero-order valence-electron chi connectivity index (χ0n) is 16.6. The van der Waals surface area contributed by atoms with E-state index in [-0.39, 0.29) is 42.2 Å². The second-order valence-corrected chi connectivity index (χ2v) is 6.59. The van der Waals surface area contributed by atoms with E-state index in [1.807, 2.05) is 18.2 Å². The smallest absolute Gasteiger partial charge is 0.193 e. The van der Waals surface area contributed by atoms with Crippen molar-refractivity contribution in [1.82, 2.24) is 4.98 Å². The molecule has 0 atom stereocenters. The lowest BCUT2D eigenvalue weighted by atomic mass is 10.2. The maximum absolute atomic E-state index is 14.3. The fourth-order valence-electron chi connectivity index (χ4n) is 2.86. The number of hydrogen-bond acceptors (Lipinski definition) is 5. The third-order valence-corrected chi connectivity index (χ3v) is 4.31. The summed E-state index contributed by atoms with van der Waals surface area (Å²) in [5, 5.41) is 3.01. The molecule has 31 heavy (non-hydrogen) atoms. The Kier molecular flexibility index (Phi) is 7.88. The first kappa shape index (κ1) is 22.6. The van der Waals surface area contributed by atoms with Gasteiger partial charge in [-0.2, -0.15) is 0 Å². The molecule has 4 rings (SSSR count). The van der Waals surface area contributed by atoms with E-state index < -0.39 is 5.82 Å². The fraction of sp³-hybridized carbons (Fsp3) is 0.182. The van der Waals surface area contributed by atoms with E-state index in [4.69, 9.17) is 19.9 Å². The second-order valence-electron chi connectivity index (χ2n) is 6.59. The molecule has 0 amide bonds. The largest absolute Gasteiger partial charge is 0.490 e. The SMILES string of the molecule is I.NC(=NCc1ccc(Oc2cccnc2)c(F)c1)Nc1ccc2c(c1)OCCCO2. The molecule has 3 N–H and O–H groups in total. The molecule has 0 fully saturated rings. The first-order chi connectivity index (χ1) is 14.7. The van der Waals surface area contributed by atoms with Crippen LogP contribution in [0, 0.1) is 5.82 Å². The van der Waals surface area contributed by atoms with Gasteiger partial charge in [0.25, 0.3) is 0 Å². The van der Waals surface area contributed by atoms with Crippen LogP contribution in [0.5, 0.6) is 23.0 Å². The molecule has 0 unspecified atom stereocenters. The summed E-state index contributed by atoms with van der Waals surface area (Å²) in [6.45, 7) is 1.45. The number of aliphatic imine (C=N–C) groups is 1. The molecule has 162 valence electrons. The maximum atomic E-state index is 14.3. The van der Waals surface area contributed by atoms with Crippen LogP contribution in [0.4, 0.5) is 10.1 Å². The number of rotatable bonds is 5. The van der Waals surface area contributed by atoms with Crippen molar-refractivity contribution in [2.75, 3.05) is 18.5 Å². The molecule has 0 bridgehead atoms. The Morgan fingerprint density at radius 2 is 1.97 bits per heavy atom. The van der Waals surface area contributed by atoms with Crippen LogP contribution >= 0.6 is 24.0 Å². The summed E-state index contributed by atoms with van der Waals surface area (Å²) in [5.41, 5.74) is 7.36. The summed E-state index contributed by atoms with van der Waals surface area (Å²) in [5.74, 6) is 1.68. The Balaban J connectivity index is 0.00000272. The van der Waals surface area contributed by atoms with E-state index in [1.54, 1.807) is 30.5 Å². The van der Waals surface area contributed by atoms with Crippen LogP contribution in [0.3, 0.4) is 0 Å². The monoisotopic (exact) mass is 536 g/mol. The lowest BCUT2D eigenvalue weighted by Crippen LogP contribution is -2.22. The molecule has 2 aromatic carbocycles. The highest BCUT2D eigenvalue weighted by molar-refractivity contribution is 14.0. The van der Waals surface area contributed by atoms with Gasteiger partial charge < -0.3 is 25.3 Å². The van der Waals surface area contributed by atoms with Gasteiger partial charge in [0.2, 0.25) is 0 Å². The van der Waals surface area contributed by atoms with Crippen molar-refractivity contribution in [2.24, 2.45) is 10.7 Å². The summed E-state index contributed by atoms with van der Waals surface area (Å²) in [6.07, 6.45) is 3.97. The Bertz CT molecular complexity index is 1050. The number of guanidine groups is 1. The first-order valence-electron chi connectivity index (χ1n) is 9.50. The minimum Gasteiger partial charge on any atom is -0.490 e. The van der Waals surface area contributed by atoms with Crippen molar-refractivity contribution in [3.05, 3.63) is 72.3 Å². The van der Waals surface area contributed by atoms with Gasteiger partial charge in [-0.05, 0) is 42.0 Å². The van der Waals surface area contributed by atoms with Gasteiger partial charge in [-0.1, -0.05) is 6.07 Å². The average Bonchev–Trinajstić information content (AvgIpc) is 3.00. The molecule has 1 aromatic heterocycles. The van der Waals surface area contributed by atoms with Crippen LogP contribution in [0.1, 0.15) is 12.0 Å². The molecule has 1 aliphatic heterocycles. The highest BCUT2D eigenvalue weighted by Gasteiger charge is 2.11. The Morgan fingerprint density at radius 3 is 2.74 bits per heavy atom. The van der Waals surface area contributed by atoms with Crippen LogP contribution in [-0.4, -0.2) is 24.2 Å². The van der Waals surface area contributed by atoms with E-state index >= 15 is 0 Å². The van der Waals surface area contributed by atoms with Gasteiger partial charge in [0, 0.05) is 24.4 Å². The molecule has 0 spiro atoms. The molecule has 3 aromatic rings.